The molecule has 1 aliphatic rings. The van der Waals surface area contributed by atoms with Crippen molar-refractivity contribution in [1.29, 1.82) is 0 Å². The van der Waals surface area contributed by atoms with Gasteiger partial charge in [0.05, 0.1) is 6.10 Å². The van der Waals surface area contributed by atoms with Gasteiger partial charge in [0.15, 0.2) is 0 Å². The Morgan fingerprint density at radius 1 is 1.16 bits per heavy atom. The van der Waals surface area contributed by atoms with E-state index in [1.807, 2.05) is 0 Å². The molecule has 106 valence electrons. The zero-order valence-electron chi connectivity index (χ0n) is 11.0. The molecule has 0 saturated heterocycles. The number of nitrogens with one attached hydrogen (secondary N) is 1. The van der Waals surface area contributed by atoms with Crippen LogP contribution in [0.2, 0.25) is 0 Å². The quantitative estimate of drug-likeness (QED) is 0.822. The first-order valence-corrected chi connectivity index (χ1v) is 7.03. The van der Waals surface area contributed by atoms with Crippen LogP contribution < -0.4 is 5.32 Å². The molecule has 0 aliphatic heterocycles. The number of rotatable bonds is 4. The molecule has 0 aromatic heterocycles. The number of hydrogen-bond donors (Lipinski definition) is 2. The summed E-state index contributed by atoms with van der Waals surface area (Å²) in [5.74, 6) is -1.08. The Kier molecular flexibility index (Phi) is 5.28. The van der Waals surface area contributed by atoms with E-state index in [-0.39, 0.29) is 12.1 Å². The van der Waals surface area contributed by atoms with Gasteiger partial charge in [-0.05, 0) is 31.0 Å². The van der Waals surface area contributed by atoms with Crippen LogP contribution in [0.15, 0.2) is 18.2 Å². The second-order valence-electron chi connectivity index (χ2n) is 5.28. The van der Waals surface area contributed by atoms with E-state index in [1.54, 1.807) is 0 Å². The predicted molar refractivity (Wildman–Crippen MR) is 70.8 cm³/mol. The lowest BCUT2D eigenvalue weighted by molar-refractivity contribution is 0.163. The fraction of sp³-hybridized carbons (Fsp3) is 0.600. The first-order valence-electron chi connectivity index (χ1n) is 7.03. The Morgan fingerprint density at radius 2 is 1.84 bits per heavy atom. The number of benzene rings is 1. The Hall–Kier alpha value is -1.00. The molecule has 1 aromatic rings. The maximum Gasteiger partial charge on any atom is 0.129 e. The second-order valence-corrected chi connectivity index (χ2v) is 5.28. The zero-order valence-corrected chi connectivity index (χ0v) is 11.0. The lowest BCUT2D eigenvalue weighted by Crippen LogP contribution is -2.32. The maximum absolute atomic E-state index is 13.5. The fourth-order valence-electron chi connectivity index (χ4n) is 2.64. The van der Waals surface area contributed by atoms with Crippen LogP contribution in [0.5, 0.6) is 0 Å². The lowest BCUT2D eigenvalue weighted by atomic mass is 10.1. The van der Waals surface area contributed by atoms with E-state index in [2.05, 4.69) is 5.32 Å². The summed E-state index contributed by atoms with van der Waals surface area (Å²) in [6.45, 7) is 0.269. The molecular weight excluding hydrogens is 248 g/mol. The zero-order chi connectivity index (χ0) is 13.7. The van der Waals surface area contributed by atoms with Gasteiger partial charge in [0.25, 0.3) is 0 Å². The van der Waals surface area contributed by atoms with Crippen LogP contribution in [0.25, 0.3) is 0 Å². The van der Waals surface area contributed by atoms with Crippen molar-refractivity contribution in [3.63, 3.8) is 0 Å². The summed E-state index contributed by atoms with van der Waals surface area (Å²) in [6.07, 6.45) is 6.11. The van der Waals surface area contributed by atoms with Gasteiger partial charge in [-0.1, -0.05) is 25.7 Å². The number of aliphatic hydroxyl groups excluding tert-OH is 1. The summed E-state index contributed by atoms with van der Waals surface area (Å²) >= 11 is 0. The van der Waals surface area contributed by atoms with Crippen LogP contribution in [-0.2, 0) is 0 Å². The highest BCUT2D eigenvalue weighted by molar-refractivity contribution is 5.21. The minimum Gasteiger partial charge on any atom is -0.387 e. The van der Waals surface area contributed by atoms with Gasteiger partial charge in [0.1, 0.15) is 11.6 Å². The van der Waals surface area contributed by atoms with Gasteiger partial charge in [-0.15, -0.1) is 0 Å². The lowest BCUT2D eigenvalue weighted by Gasteiger charge is -2.19. The number of aliphatic hydroxyl groups is 1. The third-order valence-electron chi connectivity index (χ3n) is 3.77. The van der Waals surface area contributed by atoms with Crippen molar-refractivity contribution >= 4 is 0 Å². The van der Waals surface area contributed by atoms with E-state index in [4.69, 9.17) is 0 Å². The van der Waals surface area contributed by atoms with Gasteiger partial charge in [-0.3, -0.25) is 0 Å². The van der Waals surface area contributed by atoms with Crippen LogP contribution in [0.3, 0.4) is 0 Å². The van der Waals surface area contributed by atoms with E-state index < -0.39 is 17.7 Å². The predicted octanol–water partition coefficient (Wildman–Crippen LogP) is 3.31. The molecule has 1 fully saturated rings. The highest BCUT2D eigenvalue weighted by Gasteiger charge is 2.17. The van der Waals surface area contributed by atoms with Crippen molar-refractivity contribution in [2.75, 3.05) is 6.54 Å². The summed E-state index contributed by atoms with van der Waals surface area (Å²) in [4.78, 5) is 0. The Labute approximate surface area is 112 Å². The van der Waals surface area contributed by atoms with Crippen LogP contribution >= 0.6 is 0 Å². The molecule has 2 nitrogen and oxygen atoms in total. The average molecular weight is 269 g/mol. The van der Waals surface area contributed by atoms with Crippen molar-refractivity contribution in [2.24, 2.45) is 0 Å². The van der Waals surface area contributed by atoms with E-state index in [0.29, 0.717) is 6.04 Å². The second kappa shape index (κ2) is 6.96. The molecular formula is C15H21F2NO. The minimum atomic E-state index is -1.00. The van der Waals surface area contributed by atoms with Crippen molar-refractivity contribution in [3.8, 4) is 0 Å². The first kappa shape index (κ1) is 14.4. The SMILES string of the molecule is OC(CNC1CCCCCC1)c1cc(F)ccc1F. The molecule has 1 aliphatic carbocycles. The smallest absolute Gasteiger partial charge is 0.129 e. The fourth-order valence-corrected chi connectivity index (χ4v) is 2.64. The summed E-state index contributed by atoms with van der Waals surface area (Å²) in [6, 6.07) is 3.56. The van der Waals surface area contributed by atoms with Gasteiger partial charge in [0, 0.05) is 18.2 Å². The van der Waals surface area contributed by atoms with E-state index in [0.717, 1.165) is 31.0 Å². The van der Waals surface area contributed by atoms with Crippen molar-refractivity contribution in [1.82, 2.24) is 5.32 Å². The van der Waals surface area contributed by atoms with E-state index in [9.17, 15) is 13.9 Å². The highest BCUT2D eigenvalue weighted by Crippen LogP contribution is 2.20. The minimum absolute atomic E-state index is 0.0288. The van der Waals surface area contributed by atoms with Gasteiger partial charge in [-0.25, -0.2) is 8.78 Å². The first-order chi connectivity index (χ1) is 9.16. The van der Waals surface area contributed by atoms with Crippen molar-refractivity contribution in [3.05, 3.63) is 35.4 Å². The molecule has 19 heavy (non-hydrogen) atoms. The molecule has 4 heteroatoms. The van der Waals surface area contributed by atoms with Crippen LogP contribution in [-0.4, -0.2) is 17.7 Å². The summed E-state index contributed by atoms with van der Waals surface area (Å²) < 4.78 is 26.6. The van der Waals surface area contributed by atoms with Crippen LogP contribution in [0.1, 0.15) is 50.2 Å². The van der Waals surface area contributed by atoms with Gasteiger partial charge < -0.3 is 10.4 Å². The van der Waals surface area contributed by atoms with Crippen molar-refractivity contribution < 1.29 is 13.9 Å². The third kappa shape index (κ3) is 4.25. The van der Waals surface area contributed by atoms with Gasteiger partial charge in [-0.2, -0.15) is 0 Å². The molecule has 0 bridgehead atoms. The standard InChI is InChI=1S/C15H21F2NO/c16-11-7-8-14(17)13(9-11)15(19)10-18-12-5-3-1-2-4-6-12/h7-9,12,15,18-19H,1-6,10H2. The molecule has 0 spiro atoms. The van der Waals surface area contributed by atoms with Crippen LogP contribution in [0, 0.1) is 11.6 Å². The third-order valence-corrected chi connectivity index (χ3v) is 3.77. The molecule has 1 saturated carbocycles. The van der Waals surface area contributed by atoms with E-state index >= 15 is 0 Å². The molecule has 0 radical (unpaired) electrons. The largest absolute Gasteiger partial charge is 0.387 e. The van der Waals surface area contributed by atoms with Gasteiger partial charge in [0.2, 0.25) is 0 Å². The van der Waals surface area contributed by atoms with Gasteiger partial charge >= 0.3 is 0 Å². The molecule has 0 heterocycles. The number of halogens is 2. The molecule has 1 unspecified atom stereocenters. The molecule has 1 atom stereocenters. The summed E-state index contributed by atoms with van der Waals surface area (Å²) in [5.41, 5.74) is 0.0288. The van der Waals surface area contributed by atoms with Crippen molar-refractivity contribution in [2.45, 2.75) is 50.7 Å². The molecule has 2 rings (SSSR count). The molecule has 0 amide bonds. The Balaban J connectivity index is 1.89. The molecule has 1 aromatic carbocycles. The molecule has 2 N–H and O–H groups in total. The highest BCUT2D eigenvalue weighted by atomic mass is 19.1. The maximum atomic E-state index is 13.5. The Bertz CT molecular complexity index is 403. The summed E-state index contributed by atoms with van der Waals surface area (Å²) in [7, 11) is 0. The average Bonchev–Trinajstić information content (AvgIpc) is 2.67. The van der Waals surface area contributed by atoms with E-state index in [1.165, 1.54) is 25.7 Å². The normalized spacial score (nSPS) is 19.1. The van der Waals surface area contributed by atoms with Crippen LogP contribution in [0.4, 0.5) is 8.78 Å². The summed E-state index contributed by atoms with van der Waals surface area (Å²) in [5, 5.41) is 13.2. The monoisotopic (exact) mass is 269 g/mol. The Morgan fingerprint density at radius 3 is 2.53 bits per heavy atom. The number of hydrogen-bond acceptors (Lipinski definition) is 2. The topological polar surface area (TPSA) is 32.3 Å².